The van der Waals surface area contributed by atoms with Crippen LogP contribution < -0.4 is 4.74 Å². The van der Waals surface area contributed by atoms with Crippen molar-refractivity contribution in [3.63, 3.8) is 0 Å². The number of aromatic nitrogens is 3. The zero-order valence-corrected chi connectivity index (χ0v) is 15.9. The molecule has 1 saturated heterocycles. The van der Waals surface area contributed by atoms with Crippen molar-refractivity contribution in [2.45, 2.75) is 25.3 Å². The van der Waals surface area contributed by atoms with Crippen LogP contribution in [-0.4, -0.2) is 40.2 Å². The second kappa shape index (κ2) is 8.06. The molecule has 1 fully saturated rings. The molecule has 3 heterocycles. The summed E-state index contributed by atoms with van der Waals surface area (Å²) in [5, 5.41) is 4.94. The predicted molar refractivity (Wildman–Crippen MR) is 103 cm³/mol. The van der Waals surface area contributed by atoms with Crippen LogP contribution in [0.15, 0.2) is 47.1 Å². The maximum Gasteiger partial charge on any atom is 0.261 e. The first-order valence-electron chi connectivity index (χ1n) is 9.03. The Labute approximate surface area is 163 Å². The van der Waals surface area contributed by atoms with Crippen LogP contribution in [-0.2, 0) is 6.54 Å². The summed E-state index contributed by atoms with van der Waals surface area (Å²) in [5.41, 5.74) is 1.75. The topological polar surface area (TPSA) is 64.3 Å². The van der Waals surface area contributed by atoms with Crippen molar-refractivity contribution in [1.29, 1.82) is 0 Å². The molecule has 0 atom stereocenters. The van der Waals surface area contributed by atoms with Crippen molar-refractivity contribution in [2.75, 3.05) is 20.2 Å². The first-order chi connectivity index (χ1) is 13.2. The smallest absolute Gasteiger partial charge is 0.261 e. The van der Waals surface area contributed by atoms with Gasteiger partial charge in [-0.2, -0.15) is 4.98 Å². The van der Waals surface area contributed by atoms with Crippen molar-refractivity contribution in [3.8, 4) is 17.2 Å². The summed E-state index contributed by atoms with van der Waals surface area (Å²) in [6.07, 6.45) is 3.75. The van der Waals surface area contributed by atoms with E-state index in [0.717, 1.165) is 60.3 Å². The Balaban J connectivity index is 1.40. The van der Waals surface area contributed by atoms with E-state index in [-0.39, 0.29) is 0 Å². The van der Waals surface area contributed by atoms with Crippen molar-refractivity contribution >= 4 is 11.6 Å². The average Bonchev–Trinajstić information content (AvgIpc) is 3.20. The largest absolute Gasteiger partial charge is 0.496 e. The van der Waals surface area contributed by atoms with Gasteiger partial charge in [-0.25, -0.2) is 0 Å². The molecule has 1 aliphatic heterocycles. The number of methoxy groups -OCH3 is 1. The number of pyridine rings is 1. The number of benzene rings is 1. The molecule has 2 aromatic heterocycles. The van der Waals surface area contributed by atoms with Crippen LogP contribution in [0.4, 0.5) is 0 Å². The third-order valence-corrected chi connectivity index (χ3v) is 5.28. The molecule has 0 amide bonds. The van der Waals surface area contributed by atoms with E-state index in [4.69, 9.17) is 20.9 Å². The van der Waals surface area contributed by atoms with Crippen LogP contribution in [0.1, 0.15) is 30.3 Å². The molecular weight excluding hydrogens is 364 g/mol. The number of ether oxygens (including phenoxy) is 1. The van der Waals surface area contributed by atoms with E-state index in [1.165, 1.54) is 0 Å². The second-order valence-corrected chi connectivity index (χ2v) is 7.05. The fraction of sp³-hybridized carbons (Fsp3) is 0.350. The molecule has 0 N–H and O–H groups in total. The molecule has 4 rings (SSSR count). The number of rotatable bonds is 5. The molecule has 0 saturated carbocycles. The number of halogens is 1. The summed E-state index contributed by atoms with van der Waals surface area (Å²) in [6, 6.07) is 11.4. The van der Waals surface area contributed by atoms with Crippen LogP contribution >= 0.6 is 11.6 Å². The van der Waals surface area contributed by atoms with E-state index >= 15 is 0 Å². The minimum atomic E-state index is 0.299. The Morgan fingerprint density at radius 2 is 2.00 bits per heavy atom. The summed E-state index contributed by atoms with van der Waals surface area (Å²) < 4.78 is 10.9. The molecule has 140 valence electrons. The SMILES string of the molecule is COc1ccccc1-c1nc(C2CCN(Cc3ncccc3Cl)CC2)no1. The third kappa shape index (κ3) is 3.96. The molecule has 1 aromatic carbocycles. The lowest BCUT2D eigenvalue weighted by molar-refractivity contribution is 0.198. The van der Waals surface area contributed by atoms with Crippen LogP contribution in [0.5, 0.6) is 5.75 Å². The van der Waals surface area contributed by atoms with Gasteiger partial charge in [-0.1, -0.05) is 28.9 Å². The van der Waals surface area contributed by atoms with Gasteiger partial charge in [0, 0.05) is 18.7 Å². The minimum Gasteiger partial charge on any atom is -0.496 e. The van der Waals surface area contributed by atoms with Crippen LogP contribution in [0.25, 0.3) is 11.5 Å². The van der Waals surface area contributed by atoms with Crippen molar-refractivity contribution in [3.05, 3.63) is 59.1 Å². The zero-order valence-electron chi connectivity index (χ0n) is 15.1. The monoisotopic (exact) mass is 384 g/mol. The molecular formula is C20H21ClN4O2. The van der Waals surface area contributed by atoms with Crippen molar-refractivity contribution in [1.82, 2.24) is 20.0 Å². The van der Waals surface area contributed by atoms with Gasteiger partial charge in [-0.3, -0.25) is 9.88 Å². The summed E-state index contributed by atoms with van der Waals surface area (Å²) in [7, 11) is 1.64. The standard InChI is InChI=1S/C20H21ClN4O2/c1-26-18-7-3-2-5-15(18)20-23-19(24-27-20)14-8-11-25(12-9-14)13-17-16(21)6-4-10-22-17/h2-7,10,14H,8-9,11-13H2,1H3. The number of para-hydroxylation sites is 1. The maximum atomic E-state index is 6.22. The number of piperidine rings is 1. The average molecular weight is 385 g/mol. The van der Waals surface area contributed by atoms with Crippen LogP contribution in [0, 0.1) is 0 Å². The molecule has 0 spiro atoms. The molecule has 3 aromatic rings. The quantitative estimate of drug-likeness (QED) is 0.657. The Morgan fingerprint density at radius 1 is 1.19 bits per heavy atom. The highest BCUT2D eigenvalue weighted by atomic mass is 35.5. The van der Waals surface area contributed by atoms with Crippen molar-refractivity contribution in [2.24, 2.45) is 0 Å². The molecule has 0 radical (unpaired) electrons. The summed E-state index contributed by atoms with van der Waals surface area (Å²) in [5.74, 6) is 2.30. The second-order valence-electron chi connectivity index (χ2n) is 6.64. The molecule has 6 nitrogen and oxygen atoms in total. The van der Waals surface area contributed by atoms with Gasteiger partial charge in [0.1, 0.15) is 5.75 Å². The summed E-state index contributed by atoms with van der Waals surface area (Å²) in [4.78, 5) is 11.4. The van der Waals surface area contributed by atoms with Gasteiger partial charge in [0.25, 0.3) is 5.89 Å². The lowest BCUT2D eigenvalue weighted by atomic mass is 9.96. The molecule has 0 aliphatic carbocycles. The fourth-order valence-corrected chi connectivity index (χ4v) is 3.61. The summed E-state index contributed by atoms with van der Waals surface area (Å²) in [6.45, 7) is 2.68. The fourth-order valence-electron chi connectivity index (χ4n) is 3.43. The molecule has 0 unspecified atom stereocenters. The molecule has 1 aliphatic rings. The summed E-state index contributed by atoms with van der Waals surface area (Å²) >= 11 is 6.22. The number of nitrogens with zero attached hydrogens (tertiary/aromatic N) is 4. The minimum absolute atomic E-state index is 0.299. The Morgan fingerprint density at radius 3 is 2.78 bits per heavy atom. The van der Waals surface area contributed by atoms with E-state index < -0.39 is 0 Å². The predicted octanol–water partition coefficient (Wildman–Crippen LogP) is 4.17. The van der Waals surface area contributed by atoms with E-state index in [0.29, 0.717) is 11.8 Å². The van der Waals surface area contributed by atoms with Crippen LogP contribution in [0.3, 0.4) is 0 Å². The molecule has 27 heavy (non-hydrogen) atoms. The van der Waals surface area contributed by atoms with Gasteiger partial charge in [0.05, 0.1) is 23.4 Å². The maximum absolute atomic E-state index is 6.22. The van der Waals surface area contributed by atoms with Gasteiger partial charge in [-0.05, 0) is 50.2 Å². The van der Waals surface area contributed by atoms with Gasteiger partial charge < -0.3 is 9.26 Å². The number of hydrogen-bond donors (Lipinski definition) is 0. The van der Waals surface area contributed by atoms with Crippen LogP contribution in [0.2, 0.25) is 5.02 Å². The van der Waals surface area contributed by atoms with Crippen molar-refractivity contribution < 1.29 is 9.26 Å². The highest BCUT2D eigenvalue weighted by molar-refractivity contribution is 6.31. The normalized spacial score (nSPS) is 15.8. The van der Waals surface area contributed by atoms with E-state index in [1.54, 1.807) is 13.3 Å². The van der Waals surface area contributed by atoms with Gasteiger partial charge in [-0.15, -0.1) is 0 Å². The Kier molecular flexibility index (Phi) is 5.36. The van der Waals surface area contributed by atoms with Gasteiger partial charge in [0.2, 0.25) is 0 Å². The third-order valence-electron chi connectivity index (χ3n) is 4.94. The number of hydrogen-bond acceptors (Lipinski definition) is 6. The lowest BCUT2D eigenvalue weighted by Gasteiger charge is -2.30. The van der Waals surface area contributed by atoms with E-state index in [9.17, 15) is 0 Å². The van der Waals surface area contributed by atoms with Gasteiger partial charge >= 0.3 is 0 Å². The Hall–Kier alpha value is -2.44. The van der Waals surface area contributed by atoms with Gasteiger partial charge in [0.15, 0.2) is 5.82 Å². The van der Waals surface area contributed by atoms with E-state index in [2.05, 4.69) is 20.0 Å². The van der Waals surface area contributed by atoms with E-state index in [1.807, 2.05) is 36.4 Å². The molecule has 0 bridgehead atoms. The highest BCUT2D eigenvalue weighted by Crippen LogP contribution is 2.32. The first kappa shape index (κ1) is 17.9. The highest BCUT2D eigenvalue weighted by Gasteiger charge is 2.26. The molecule has 7 heteroatoms. The Bertz CT molecular complexity index is 906. The first-order valence-corrected chi connectivity index (χ1v) is 9.41. The zero-order chi connectivity index (χ0) is 18.6. The lowest BCUT2D eigenvalue weighted by Crippen LogP contribution is -2.33. The number of likely N-dealkylation sites (tertiary alicyclic amines) is 1.